The zero-order valence-corrected chi connectivity index (χ0v) is 17.5. The van der Waals surface area contributed by atoms with E-state index in [1.165, 1.54) is 0 Å². The molecule has 1 amide bonds. The fraction of sp³-hybridized carbons (Fsp3) is 0.478. The number of pyridine rings is 1. The van der Waals surface area contributed by atoms with E-state index in [0.29, 0.717) is 18.7 Å². The number of primary amides is 1. The summed E-state index contributed by atoms with van der Waals surface area (Å²) in [5.74, 6) is -1.38. The number of carbonyl (C=O) groups excluding carboxylic acids is 1. The molecule has 2 aliphatic rings. The van der Waals surface area contributed by atoms with Crippen LogP contribution >= 0.6 is 0 Å². The molecule has 1 aromatic heterocycles. The predicted molar refractivity (Wildman–Crippen MR) is 113 cm³/mol. The maximum atomic E-state index is 12.9. The van der Waals surface area contributed by atoms with Gasteiger partial charge < -0.3 is 20.1 Å². The Balaban J connectivity index is 1.26. The van der Waals surface area contributed by atoms with Gasteiger partial charge in [-0.05, 0) is 35.7 Å². The van der Waals surface area contributed by atoms with Gasteiger partial charge in [0.2, 0.25) is 5.91 Å². The zero-order chi connectivity index (χ0) is 22.0. The van der Waals surface area contributed by atoms with E-state index in [1.807, 2.05) is 37.3 Å². The summed E-state index contributed by atoms with van der Waals surface area (Å²) in [7, 11) is 0. The monoisotopic (exact) mass is 431 g/mol. The minimum absolute atomic E-state index is 0.0216. The number of hydrogen-bond donors (Lipinski definition) is 1. The Morgan fingerprint density at radius 1 is 1.26 bits per heavy atom. The van der Waals surface area contributed by atoms with Crippen LogP contribution < -0.4 is 20.1 Å². The van der Waals surface area contributed by atoms with Crippen molar-refractivity contribution in [2.24, 2.45) is 11.7 Å². The standard InChI is InChI=1S/C23H27F2N3O3/c1-15(10-21(26)29)16-2-4-18(5-3-16)31-20-8-9-28(13-20)22-7-6-19(12-27-22)30-14-17-11-23(17,24)25/h2-7,12,15,17,20H,8-11,13-14H2,1H3,(H2,26,29)/t15-,17?,20+/m0/s1. The number of anilines is 1. The van der Waals surface area contributed by atoms with Crippen molar-refractivity contribution in [3.05, 3.63) is 48.2 Å². The highest BCUT2D eigenvalue weighted by Gasteiger charge is 2.57. The van der Waals surface area contributed by atoms with Crippen molar-refractivity contribution < 1.29 is 23.0 Å². The van der Waals surface area contributed by atoms with Crippen LogP contribution in [0.1, 0.15) is 37.7 Å². The van der Waals surface area contributed by atoms with E-state index in [0.717, 1.165) is 30.1 Å². The van der Waals surface area contributed by atoms with Crippen LogP contribution in [-0.4, -0.2) is 42.6 Å². The molecule has 2 aromatic rings. The number of hydrogen-bond acceptors (Lipinski definition) is 5. The molecule has 0 radical (unpaired) electrons. The van der Waals surface area contributed by atoms with Crippen molar-refractivity contribution in [3.63, 3.8) is 0 Å². The molecule has 1 aliphatic carbocycles. The lowest BCUT2D eigenvalue weighted by molar-refractivity contribution is -0.118. The van der Waals surface area contributed by atoms with Gasteiger partial charge in [-0.1, -0.05) is 19.1 Å². The lowest BCUT2D eigenvalue weighted by Gasteiger charge is -2.18. The van der Waals surface area contributed by atoms with E-state index in [-0.39, 0.29) is 31.0 Å². The van der Waals surface area contributed by atoms with Gasteiger partial charge in [-0.3, -0.25) is 4.79 Å². The Morgan fingerprint density at radius 3 is 2.58 bits per heavy atom. The Hall–Kier alpha value is -2.90. The summed E-state index contributed by atoms with van der Waals surface area (Å²) in [5, 5.41) is 0. The average Bonchev–Trinajstić information content (AvgIpc) is 3.11. The molecule has 2 heterocycles. The molecule has 31 heavy (non-hydrogen) atoms. The maximum absolute atomic E-state index is 12.9. The van der Waals surface area contributed by atoms with Crippen LogP contribution in [0.3, 0.4) is 0 Å². The largest absolute Gasteiger partial charge is 0.491 e. The van der Waals surface area contributed by atoms with Crippen LogP contribution in [0.4, 0.5) is 14.6 Å². The maximum Gasteiger partial charge on any atom is 0.255 e. The van der Waals surface area contributed by atoms with E-state index in [9.17, 15) is 13.6 Å². The first-order chi connectivity index (χ1) is 14.8. The summed E-state index contributed by atoms with van der Waals surface area (Å²) in [6.07, 6.45) is 2.72. The molecule has 0 bridgehead atoms. The highest BCUT2D eigenvalue weighted by molar-refractivity contribution is 5.74. The molecule has 166 valence electrons. The normalized spacial score (nSPS) is 22.7. The van der Waals surface area contributed by atoms with Crippen molar-refractivity contribution in [2.75, 3.05) is 24.6 Å². The summed E-state index contributed by atoms with van der Waals surface area (Å²) in [5.41, 5.74) is 6.32. The van der Waals surface area contributed by atoms with Gasteiger partial charge in [-0.15, -0.1) is 0 Å². The molecular weight excluding hydrogens is 404 g/mol. The third-order valence-corrected chi connectivity index (χ3v) is 5.86. The van der Waals surface area contributed by atoms with Crippen LogP contribution in [-0.2, 0) is 4.79 Å². The highest BCUT2D eigenvalue weighted by atomic mass is 19.3. The first kappa shape index (κ1) is 21.3. The number of alkyl halides is 2. The topological polar surface area (TPSA) is 77.7 Å². The minimum atomic E-state index is -2.57. The second kappa shape index (κ2) is 8.69. The molecule has 2 N–H and O–H groups in total. The Morgan fingerprint density at radius 2 is 1.97 bits per heavy atom. The second-order valence-electron chi connectivity index (χ2n) is 8.44. The van der Waals surface area contributed by atoms with Crippen molar-refractivity contribution in [2.45, 2.75) is 44.1 Å². The van der Waals surface area contributed by atoms with Gasteiger partial charge in [0, 0.05) is 25.8 Å². The Bertz CT molecular complexity index is 905. The quantitative estimate of drug-likeness (QED) is 0.654. The predicted octanol–water partition coefficient (Wildman–Crippen LogP) is 3.75. The molecular formula is C23H27F2N3O3. The van der Waals surface area contributed by atoms with E-state index in [4.69, 9.17) is 15.2 Å². The molecule has 1 saturated heterocycles. The molecule has 1 unspecified atom stereocenters. The van der Waals surface area contributed by atoms with Gasteiger partial charge in [-0.25, -0.2) is 13.8 Å². The van der Waals surface area contributed by atoms with Crippen LogP contribution in [0.15, 0.2) is 42.6 Å². The van der Waals surface area contributed by atoms with Crippen LogP contribution in [0.2, 0.25) is 0 Å². The van der Waals surface area contributed by atoms with Gasteiger partial charge >= 0.3 is 0 Å². The molecule has 1 aliphatic heterocycles. The molecule has 6 nitrogen and oxygen atoms in total. The SMILES string of the molecule is C[C@@H](CC(N)=O)c1ccc(O[C@@H]2CCN(c3ccc(OCC4CC4(F)F)cn3)C2)cc1. The smallest absolute Gasteiger partial charge is 0.255 e. The minimum Gasteiger partial charge on any atom is -0.491 e. The van der Waals surface area contributed by atoms with Crippen LogP contribution in [0, 0.1) is 5.92 Å². The van der Waals surface area contributed by atoms with Crippen molar-refractivity contribution in [1.82, 2.24) is 4.98 Å². The van der Waals surface area contributed by atoms with E-state index < -0.39 is 11.8 Å². The van der Waals surface area contributed by atoms with Crippen molar-refractivity contribution >= 4 is 11.7 Å². The van der Waals surface area contributed by atoms with E-state index in [1.54, 1.807) is 12.3 Å². The number of nitrogens with zero attached hydrogens (tertiary/aromatic N) is 2. The lowest BCUT2D eigenvalue weighted by Crippen LogP contribution is -2.25. The molecule has 0 spiro atoms. The lowest BCUT2D eigenvalue weighted by atomic mass is 9.97. The summed E-state index contributed by atoms with van der Waals surface area (Å²) < 4.78 is 37.4. The van der Waals surface area contributed by atoms with E-state index in [2.05, 4.69) is 9.88 Å². The molecule has 4 rings (SSSR count). The van der Waals surface area contributed by atoms with Crippen LogP contribution in [0.5, 0.6) is 11.5 Å². The molecule has 8 heteroatoms. The van der Waals surface area contributed by atoms with Gasteiger partial charge in [0.15, 0.2) is 0 Å². The second-order valence-corrected chi connectivity index (χ2v) is 8.44. The molecule has 3 atom stereocenters. The molecule has 1 saturated carbocycles. The summed E-state index contributed by atoms with van der Waals surface area (Å²) >= 11 is 0. The van der Waals surface area contributed by atoms with Gasteiger partial charge in [0.25, 0.3) is 5.92 Å². The first-order valence-corrected chi connectivity index (χ1v) is 10.6. The number of halogens is 2. The summed E-state index contributed by atoms with van der Waals surface area (Å²) in [6, 6.07) is 11.4. The van der Waals surface area contributed by atoms with Gasteiger partial charge in [0.1, 0.15) is 23.4 Å². The number of rotatable bonds is 9. The number of aromatic nitrogens is 1. The van der Waals surface area contributed by atoms with Crippen molar-refractivity contribution in [3.8, 4) is 11.5 Å². The average molecular weight is 431 g/mol. The van der Waals surface area contributed by atoms with E-state index >= 15 is 0 Å². The zero-order valence-electron chi connectivity index (χ0n) is 17.5. The third-order valence-electron chi connectivity index (χ3n) is 5.86. The fourth-order valence-electron chi connectivity index (χ4n) is 3.81. The van der Waals surface area contributed by atoms with Gasteiger partial charge in [0.05, 0.1) is 25.3 Å². The van der Waals surface area contributed by atoms with Crippen molar-refractivity contribution in [1.29, 1.82) is 0 Å². The molecule has 1 aromatic carbocycles. The fourth-order valence-corrected chi connectivity index (χ4v) is 3.81. The van der Waals surface area contributed by atoms with Gasteiger partial charge in [-0.2, -0.15) is 0 Å². The number of ether oxygens (including phenoxy) is 2. The third kappa shape index (κ3) is 5.42. The highest BCUT2D eigenvalue weighted by Crippen LogP contribution is 2.48. The number of benzene rings is 1. The number of nitrogens with two attached hydrogens (primary N) is 1. The first-order valence-electron chi connectivity index (χ1n) is 10.6. The van der Waals surface area contributed by atoms with Crippen LogP contribution in [0.25, 0.3) is 0 Å². The Kier molecular flexibility index (Phi) is 5.98. The number of amides is 1. The Labute approximate surface area is 180 Å². The number of carbonyl (C=O) groups is 1. The summed E-state index contributed by atoms with van der Waals surface area (Å²) in [6.45, 7) is 3.52. The summed E-state index contributed by atoms with van der Waals surface area (Å²) in [4.78, 5) is 17.6. The molecule has 2 fully saturated rings.